The summed E-state index contributed by atoms with van der Waals surface area (Å²) < 4.78 is 0. The largest absolute Gasteiger partial charge is 0.507 e. The minimum Gasteiger partial charge on any atom is -0.507 e. The lowest BCUT2D eigenvalue weighted by Crippen LogP contribution is -2.24. The minimum atomic E-state index is -0.561. The number of allylic oxidation sites excluding steroid dienone is 1. The molecule has 0 aromatic heterocycles. The number of nitrogens with zero attached hydrogens (tertiary/aromatic N) is 1. The first kappa shape index (κ1) is 18.9. The third-order valence-corrected chi connectivity index (χ3v) is 4.66. The number of aliphatic hydroxyl groups excluding tert-OH is 1. The maximum Gasteiger partial charge on any atom is 0.234 e. The number of hydrogen-bond donors (Lipinski definition) is 1. The molecule has 0 heterocycles. The van der Waals surface area contributed by atoms with Crippen LogP contribution in [0.4, 0.5) is 0 Å². The smallest absolute Gasteiger partial charge is 0.234 e. The van der Waals surface area contributed by atoms with E-state index in [1.807, 2.05) is 0 Å². The summed E-state index contributed by atoms with van der Waals surface area (Å²) in [5.74, 6) is -1.10. The second kappa shape index (κ2) is 9.78. The predicted octanol–water partition coefficient (Wildman–Crippen LogP) is 5.15. The minimum absolute atomic E-state index is 0.0299. The molecule has 1 aromatic carbocycles. The zero-order valence-corrected chi connectivity index (χ0v) is 14.6. The van der Waals surface area contributed by atoms with Gasteiger partial charge < -0.3 is 5.11 Å². The van der Waals surface area contributed by atoms with Crippen molar-refractivity contribution in [3.05, 3.63) is 41.0 Å². The van der Waals surface area contributed by atoms with Crippen molar-refractivity contribution in [2.24, 2.45) is 0 Å². The Labute approximate surface area is 149 Å². The van der Waals surface area contributed by atoms with Crippen LogP contribution in [0.3, 0.4) is 0 Å². The van der Waals surface area contributed by atoms with E-state index in [2.05, 4.69) is 6.07 Å². The van der Waals surface area contributed by atoms with E-state index in [1.54, 1.807) is 24.3 Å². The number of nitriles is 1. The lowest BCUT2D eigenvalue weighted by atomic mass is 9.86. The maximum atomic E-state index is 12.2. The number of unbranched alkanes of at least 4 members (excludes halogenated alkanes) is 8. The Morgan fingerprint density at radius 2 is 1.36 bits per heavy atom. The number of hydrogen-bond acceptors (Lipinski definition) is 4. The van der Waals surface area contributed by atoms with Crippen molar-refractivity contribution in [3.8, 4) is 6.07 Å². The average Bonchev–Trinajstić information content (AvgIpc) is 2.64. The molecule has 2 rings (SSSR count). The van der Waals surface area contributed by atoms with E-state index in [0.717, 1.165) is 44.9 Å². The van der Waals surface area contributed by atoms with Gasteiger partial charge in [0.1, 0.15) is 5.76 Å². The highest BCUT2D eigenvalue weighted by molar-refractivity contribution is 6.52. The van der Waals surface area contributed by atoms with Crippen molar-refractivity contribution < 1.29 is 14.7 Å². The number of benzene rings is 1. The van der Waals surface area contributed by atoms with Gasteiger partial charge in [-0.1, -0.05) is 62.8 Å². The molecule has 0 radical (unpaired) electrons. The van der Waals surface area contributed by atoms with Crippen molar-refractivity contribution >= 4 is 17.3 Å². The summed E-state index contributed by atoms with van der Waals surface area (Å²) in [6.45, 7) is 0. The molecule has 0 saturated carbocycles. The van der Waals surface area contributed by atoms with Crippen LogP contribution in [0.15, 0.2) is 29.8 Å². The van der Waals surface area contributed by atoms with Crippen LogP contribution in [-0.2, 0) is 4.79 Å². The fraction of sp³-hybridized carbons (Fsp3) is 0.476. The number of rotatable bonds is 10. The standard InChI is InChI=1S/C21H25NO3/c22-15-11-7-5-3-1-2-4-6-8-14-18-19(23)16-12-9-10-13-17(16)20(24)21(18)25/h9-10,12-13,23H,1-8,11,14H2. The van der Waals surface area contributed by atoms with Crippen molar-refractivity contribution in [2.75, 3.05) is 0 Å². The molecule has 132 valence electrons. The lowest BCUT2D eigenvalue weighted by Gasteiger charge is -2.17. The molecule has 4 nitrogen and oxygen atoms in total. The first-order chi connectivity index (χ1) is 12.2. The topological polar surface area (TPSA) is 78.2 Å². The average molecular weight is 339 g/mol. The number of Topliss-reactive ketones (excluding diaryl/α,β-unsaturated/α-hetero) is 2. The van der Waals surface area contributed by atoms with E-state index in [9.17, 15) is 14.7 Å². The van der Waals surface area contributed by atoms with Crippen molar-refractivity contribution in [1.82, 2.24) is 0 Å². The van der Waals surface area contributed by atoms with Crippen LogP contribution in [0, 0.1) is 11.3 Å². The maximum absolute atomic E-state index is 12.2. The Hall–Kier alpha value is -2.41. The first-order valence-corrected chi connectivity index (χ1v) is 9.14. The highest BCUT2D eigenvalue weighted by atomic mass is 16.3. The third kappa shape index (κ3) is 5.03. The normalized spacial score (nSPS) is 13.7. The van der Waals surface area contributed by atoms with Crippen LogP contribution < -0.4 is 0 Å². The summed E-state index contributed by atoms with van der Waals surface area (Å²) in [6, 6.07) is 8.88. The van der Waals surface area contributed by atoms with Gasteiger partial charge in [-0.3, -0.25) is 9.59 Å². The number of carbonyl (C=O) groups excluding carboxylic acids is 2. The van der Waals surface area contributed by atoms with Gasteiger partial charge >= 0.3 is 0 Å². The Morgan fingerprint density at radius 1 is 0.800 bits per heavy atom. The van der Waals surface area contributed by atoms with E-state index < -0.39 is 11.6 Å². The van der Waals surface area contributed by atoms with Crippen LogP contribution >= 0.6 is 0 Å². The monoisotopic (exact) mass is 339 g/mol. The molecule has 1 aliphatic carbocycles. The van der Waals surface area contributed by atoms with E-state index in [-0.39, 0.29) is 11.3 Å². The predicted molar refractivity (Wildman–Crippen MR) is 97.1 cm³/mol. The van der Waals surface area contributed by atoms with E-state index in [1.165, 1.54) is 6.42 Å². The Bertz CT molecular complexity index is 697. The van der Waals surface area contributed by atoms with Crippen molar-refractivity contribution in [1.29, 1.82) is 5.26 Å². The molecule has 25 heavy (non-hydrogen) atoms. The summed E-state index contributed by atoms with van der Waals surface area (Å²) in [4.78, 5) is 24.3. The molecule has 0 amide bonds. The molecule has 0 bridgehead atoms. The summed E-state index contributed by atoms with van der Waals surface area (Å²) in [6.07, 6.45) is 9.56. The van der Waals surface area contributed by atoms with E-state index in [4.69, 9.17) is 5.26 Å². The fourth-order valence-electron chi connectivity index (χ4n) is 3.22. The van der Waals surface area contributed by atoms with Crippen molar-refractivity contribution in [2.45, 2.75) is 64.2 Å². The van der Waals surface area contributed by atoms with Crippen LogP contribution in [0.1, 0.15) is 80.1 Å². The van der Waals surface area contributed by atoms with Crippen LogP contribution in [0.25, 0.3) is 5.76 Å². The van der Waals surface area contributed by atoms with Gasteiger partial charge in [-0.25, -0.2) is 0 Å². The first-order valence-electron chi connectivity index (χ1n) is 9.14. The molecule has 1 aromatic rings. The molecule has 0 unspecified atom stereocenters. The lowest BCUT2D eigenvalue weighted by molar-refractivity contribution is -0.112. The second-order valence-corrected chi connectivity index (χ2v) is 6.52. The Balaban J connectivity index is 1.75. The van der Waals surface area contributed by atoms with Crippen LogP contribution in [0.5, 0.6) is 0 Å². The summed E-state index contributed by atoms with van der Waals surface area (Å²) in [5.41, 5.74) is 1.03. The quantitative estimate of drug-likeness (QED) is 0.472. The number of ketones is 2. The molecule has 0 fully saturated rings. The molecular formula is C21H25NO3. The third-order valence-electron chi connectivity index (χ3n) is 4.66. The molecule has 0 saturated heterocycles. The van der Waals surface area contributed by atoms with Gasteiger partial charge in [-0.2, -0.15) is 5.26 Å². The van der Waals surface area contributed by atoms with Gasteiger partial charge in [0, 0.05) is 23.1 Å². The van der Waals surface area contributed by atoms with E-state index >= 15 is 0 Å². The van der Waals surface area contributed by atoms with Crippen LogP contribution in [-0.4, -0.2) is 16.7 Å². The van der Waals surface area contributed by atoms with Gasteiger partial charge in [0.15, 0.2) is 0 Å². The summed E-state index contributed by atoms with van der Waals surface area (Å²) in [5, 5.41) is 18.8. The Kier molecular flexibility index (Phi) is 7.40. The number of aliphatic hydroxyl groups is 1. The van der Waals surface area contributed by atoms with Gasteiger partial charge in [-0.05, 0) is 19.3 Å². The second-order valence-electron chi connectivity index (χ2n) is 6.52. The zero-order valence-electron chi connectivity index (χ0n) is 14.6. The molecule has 1 N–H and O–H groups in total. The number of carbonyl (C=O) groups is 2. The number of fused-ring (bicyclic) bond motifs is 1. The fourth-order valence-corrected chi connectivity index (χ4v) is 3.22. The zero-order chi connectivity index (χ0) is 18.1. The van der Waals surface area contributed by atoms with Gasteiger partial charge in [0.05, 0.1) is 6.07 Å². The molecule has 0 spiro atoms. The van der Waals surface area contributed by atoms with Crippen LogP contribution in [0.2, 0.25) is 0 Å². The van der Waals surface area contributed by atoms with Crippen molar-refractivity contribution in [3.63, 3.8) is 0 Å². The highest BCUT2D eigenvalue weighted by Crippen LogP contribution is 2.30. The van der Waals surface area contributed by atoms with Gasteiger partial charge in [0.2, 0.25) is 11.6 Å². The summed E-state index contributed by atoms with van der Waals surface area (Å²) >= 11 is 0. The Morgan fingerprint density at radius 3 is 2.00 bits per heavy atom. The molecule has 0 atom stereocenters. The van der Waals surface area contributed by atoms with Gasteiger partial charge in [0.25, 0.3) is 0 Å². The SMILES string of the molecule is N#CCCCCCCCCCCC1=C(O)c2ccccc2C(=O)C1=O. The molecular weight excluding hydrogens is 314 g/mol. The molecule has 0 aliphatic heterocycles. The van der Waals surface area contributed by atoms with Gasteiger partial charge in [-0.15, -0.1) is 0 Å². The highest BCUT2D eigenvalue weighted by Gasteiger charge is 2.31. The van der Waals surface area contributed by atoms with E-state index in [0.29, 0.717) is 24.0 Å². The summed E-state index contributed by atoms with van der Waals surface area (Å²) in [7, 11) is 0. The molecule has 4 heteroatoms. The molecule has 1 aliphatic rings.